The zero-order valence-corrected chi connectivity index (χ0v) is 26.5. The van der Waals surface area contributed by atoms with Gasteiger partial charge < -0.3 is 19.4 Å². The molecule has 2 saturated heterocycles. The predicted octanol–water partition coefficient (Wildman–Crippen LogP) is 6.41. The normalized spacial score (nSPS) is 19.8. The molecule has 0 aromatic carbocycles. The van der Waals surface area contributed by atoms with Crippen molar-refractivity contribution < 1.29 is 9.53 Å². The first-order valence-electron chi connectivity index (χ1n) is 14.4. The molecule has 2 fully saturated rings. The molecule has 0 N–H and O–H groups in total. The first-order chi connectivity index (χ1) is 18.5. The number of hydrogen-bond donors (Lipinski definition) is 0. The monoisotopic (exact) mass is 553 g/mol. The van der Waals surface area contributed by atoms with Crippen LogP contribution in [0.4, 0.5) is 16.3 Å². The molecule has 2 aliphatic heterocycles. The lowest BCUT2D eigenvalue weighted by Crippen LogP contribution is -2.50. The van der Waals surface area contributed by atoms with E-state index in [9.17, 15) is 4.79 Å². The number of anilines is 2. The van der Waals surface area contributed by atoms with E-state index in [-0.39, 0.29) is 6.09 Å². The van der Waals surface area contributed by atoms with E-state index in [1.165, 1.54) is 22.4 Å². The van der Waals surface area contributed by atoms with E-state index in [1.807, 2.05) is 40.4 Å². The van der Waals surface area contributed by atoms with Crippen LogP contribution in [0.5, 0.6) is 0 Å². The molecule has 1 amide bonds. The lowest BCUT2D eigenvalue weighted by atomic mass is 9.80. The van der Waals surface area contributed by atoms with Gasteiger partial charge >= 0.3 is 6.09 Å². The second-order valence-electron chi connectivity index (χ2n) is 11.6. The van der Waals surface area contributed by atoms with Crippen molar-refractivity contribution in [2.24, 2.45) is 5.92 Å². The van der Waals surface area contributed by atoms with Gasteiger partial charge in [-0.15, -0.1) is 8.86 Å². The zero-order valence-electron chi connectivity index (χ0n) is 25.5. The summed E-state index contributed by atoms with van der Waals surface area (Å²) in [5.41, 5.74) is 6.74. The number of carbonyl (C=O) groups is 1. The van der Waals surface area contributed by atoms with Crippen LogP contribution in [0.15, 0.2) is 18.3 Å². The molecule has 7 nitrogen and oxygen atoms in total. The number of piperidine rings is 1. The Morgan fingerprint density at radius 1 is 1.05 bits per heavy atom. The Bertz CT molecular complexity index is 1150. The summed E-state index contributed by atoms with van der Waals surface area (Å²) in [5, 5.41) is 0. The standard InChI is InChI=1S/C29H42N5O2P.C2H6/c1-19-14-27(32-10-12-33(13-11-32)28(35)36-29(5,6)7)30-16-24(19)23-8-9-34(17-20(23)2)26-15-21(3)31-22(4)25(26)18-37;1-2/h14-16,18,20,23,37H,8-13,17H2,1-7H3;1-2H3. The summed E-state index contributed by atoms with van der Waals surface area (Å²) >= 11 is 0. The van der Waals surface area contributed by atoms with Gasteiger partial charge in [-0.25, -0.2) is 9.78 Å². The second kappa shape index (κ2) is 13.1. The largest absolute Gasteiger partial charge is 0.444 e. The molecule has 39 heavy (non-hydrogen) atoms. The fraction of sp³-hybridized carbons (Fsp3) is 0.613. The quantitative estimate of drug-likeness (QED) is 0.408. The average molecular weight is 554 g/mol. The molecule has 0 radical (unpaired) electrons. The highest BCUT2D eigenvalue weighted by atomic mass is 31.0. The Morgan fingerprint density at radius 2 is 1.72 bits per heavy atom. The van der Waals surface area contributed by atoms with Crippen molar-refractivity contribution in [1.82, 2.24) is 14.9 Å². The molecule has 0 aliphatic carbocycles. The molecule has 2 aromatic rings. The van der Waals surface area contributed by atoms with Crippen LogP contribution in [-0.4, -0.2) is 71.6 Å². The van der Waals surface area contributed by atoms with Gasteiger partial charge in [0, 0.05) is 68.1 Å². The summed E-state index contributed by atoms with van der Waals surface area (Å²) in [7, 11) is 3.61. The molecule has 8 heteroatoms. The molecular weight excluding hydrogens is 505 g/mol. The zero-order chi connectivity index (χ0) is 28.9. The maximum absolute atomic E-state index is 12.4. The smallest absolute Gasteiger partial charge is 0.410 e. The molecule has 2 unspecified atom stereocenters. The lowest BCUT2D eigenvalue weighted by molar-refractivity contribution is 0.0240. The number of ether oxygens (including phenoxy) is 1. The molecule has 2 aromatic heterocycles. The molecule has 0 bridgehead atoms. The van der Waals surface area contributed by atoms with Crippen molar-refractivity contribution >= 4 is 32.3 Å². The van der Waals surface area contributed by atoms with Gasteiger partial charge in [-0.2, -0.15) is 0 Å². The summed E-state index contributed by atoms with van der Waals surface area (Å²) in [5.74, 6) is 3.99. The van der Waals surface area contributed by atoms with Crippen molar-refractivity contribution in [3.63, 3.8) is 0 Å². The number of piperazine rings is 1. The number of nitrogens with zero attached hydrogens (tertiary/aromatic N) is 5. The van der Waals surface area contributed by atoms with Gasteiger partial charge in [0.2, 0.25) is 0 Å². The number of carbonyl (C=O) groups excluding carboxylic acids is 1. The van der Waals surface area contributed by atoms with Crippen LogP contribution < -0.4 is 9.80 Å². The number of pyridine rings is 2. The molecule has 2 aliphatic rings. The van der Waals surface area contributed by atoms with E-state index in [1.54, 1.807) is 4.90 Å². The van der Waals surface area contributed by atoms with Gasteiger partial charge in [0.25, 0.3) is 0 Å². The van der Waals surface area contributed by atoms with Gasteiger partial charge in [0.15, 0.2) is 0 Å². The van der Waals surface area contributed by atoms with E-state index >= 15 is 0 Å². The fourth-order valence-corrected chi connectivity index (χ4v) is 6.00. The Balaban J connectivity index is 0.00000205. The van der Waals surface area contributed by atoms with Gasteiger partial charge in [0.05, 0.1) is 0 Å². The first kappa shape index (κ1) is 30.9. The summed E-state index contributed by atoms with van der Waals surface area (Å²) < 4.78 is 5.53. The number of rotatable bonds is 4. The number of aryl methyl sites for hydroxylation is 3. The molecule has 0 saturated carbocycles. The van der Waals surface area contributed by atoms with Gasteiger partial charge in [0.1, 0.15) is 11.4 Å². The third-order valence-corrected chi connectivity index (χ3v) is 7.83. The van der Waals surface area contributed by atoms with Gasteiger partial charge in [-0.1, -0.05) is 20.8 Å². The molecule has 4 heterocycles. The van der Waals surface area contributed by atoms with Crippen LogP contribution in [0.3, 0.4) is 0 Å². The minimum atomic E-state index is -0.471. The number of amides is 1. The van der Waals surface area contributed by atoms with E-state index in [0.717, 1.165) is 49.8 Å². The van der Waals surface area contributed by atoms with E-state index < -0.39 is 5.60 Å². The summed E-state index contributed by atoms with van der Waals surface area (Å²) in [4.78, 5) is 28.5. The summed E-state index contributed by atoms with van der Waals surface area (Å²) in [6, 6.07) is 4.43. The predicted molar refractivity (Wildman–Crippen MR) is 166 cm³/mol. The SMILES string of the molecule is CC.Cc1cc(N2CCC(c3cnc(N4CCN(C(=O)OC(C)(C)C)CC4)cc3C)C(C)C2)c(C=P)c(C)n1. The van der Waals surface area contributed by atoms with Crippen molar-refractivity contribution in [3.05, 3.63) is 46.4 Å². The van der Waals surface area contributed by atoms with Crippen LogP contribution >= 0.6 is 8.86 Å². The van der Waals surface area contributed by atoms with Gasteiger partial charge in [-0.05, 0) is 88.9 Å². The summed E-state index contributed by atoms with van der Waals surface area (Å²) in [6.07, 6.45) is 2.96. The Hall–Kier alpha value is -2.66. The van der Waals surface area contributed by atoms with Crippen LogP contribution in [0.25, 0.3) is 0 Å². The Labute approximate surface area is 238 Å². The highest BCUT2D eigenvalue weighted by Crippen LogP contribution is 2.37. The number of hydrogen-bond acceptors (Lipinski definition) is 6. The van der Waals surface area contributed by atoms with E-state index in [2.05, 4.69) is 69.7 Å². The van der Waals surface area contributed by atoms with Gasteiger partial charge in [-0.3, -0.25) is 4.98 Å². The Morgan fingerprint density at radius 3 is 2.28 bits per heavy atom. The van der Waals surface area contributed by atoms with E-state index in [4.69, 9.17) is 9.72 Å². The minimum Gasteiger partial charge on any atom is -0.444 e. The van der Waals surface area contributed by atoms with Crippen LogP contribution in [-0.2, 0) is 4.74 Å². The molecule has 214 valence electrons. The summed E-state index contributed by atoms with van der Waals surface area (Å²) in [6.45, 7) is 23.3. The molecular formula is C31H48N5O2P. The Kier molecular flexibility index (Phi) is 10.4. The highest BCUT2D eigenvalue weighted by Gasteiger charge is 2.31. The average Bonchev–Trinajstić information content (AvgIpc) is 2.89. The van der Waals surface area contributed by atoms with Crippen molar-refractivity contribution in [3.8, 4) is 0 Å². The maximum Gasteiger partial charge on any atom is 0.410 e. The third-order valence-electron chi connectivity index (χ3n) is 7.54. The lowest BCUT2D eigenvalue weighted by Gasteiger charge is -2.40. The van der Waals surface area contributed by atoms with Crippen molar-refractivity contribution in [2.75, 3.05) is 49.1 Å². The number of aromatic nitrogens is 2. The first-order valence-corrected chi connectivity index (χ1v) is 15.0. The topological polar surface area (TPSA) is 61.8 Å². The highest BCUT2D eigenvalue weighted by molar-refractivity contribution is 7.19. The minimum absolute atomic E-state index is 0.231. The fourth-order valence-electron chi connectivity index (χ4n) is 5.64. The molecule has 0 spiro atoms. The van der Waals surface area contributed by atoms with Crippen LogP contribution in [0, 0.1) is 26.7 Å². The second-order valence-corrected chi connectivity index (χ2v) is 11.9. The third kappa shape index (κ3) is 7.51. The van der Waals surface area contributed by atoms with Crippen LogP contribution in [0.1, 0.15) is 82.0 Å². The van der Waals surface area contributed by atoms with Crippen molar-refractivity contribution in [2.45, 2.75) is 80.3 Å². The van der Waals surface area contributed by atoms with Crippen molar-refractivity contribution in [1.29, 1.82) is 0 Å². The molecule has 4 rings (SSSR count). The maximum atomic E-state index is 12.4. The molecule has 2 atom stereocenters. The van der Waals surface area contributed by atoms with E-state index in [0.29, 0.717) is 24.9 Å². The van der Waals surface area contributed by atoms with Crippen LogP contribution in [0.2, 0.25) is 0 Å².